The van der Waals surface area contributed by atoms with Crippen molar-refractivity contribution in [1.29, 1.82) is 0 Å². The van der Waals surface area contributed by atoms with Crippen LogP contribution in [0.2, 0.25) is 0 Å². The summed E-state index contributed by atoms with van der Waals surface area (Å²) in [7, 11) is 0. The first-order chi connectivity index (χ1) is 3.30. The molecular formula is C7H9F2Zr. The summed E-state index contributed by atoms with van der Waals surface area (Å²) in [4.78, 5) is 0. The van der Waals surface area contributed by atoms with Gasteiger partial charge in [-0.2, -0.15) is 6.08 Å². The van der Waals surface area contributed by atoms with Crippen molar-refractivity contribution in [2.24, 2.45) is 0 Å². The molecule has 0 aliphatic heterocycles. The molecule has 10 heavy (non-hydrogen) atoms. The number of hydrogen-bond donors (Lipinski definition) is 0. The normalized spacial score (nSPS) is 13.4. The van der Waals surface area contributed by atoms with Gasteiger partial charge in [0, 0.05) is 0 Å². The van der Waals surface area contributed by atoms with Crippen LogP contribution in [0.4, 0.5) is 0 Å². The van der Waals surface area contributed by atoms with Crippen LogP contribution in [0, 0.1) is 6.08 Å². The van der Waals surface area contributed by atoms with Gasteiger partial charge in [-0.1, -0.05) is 6.92 Å². The molecule has 1 aliphatic carbocycles. The number of halogens is 2. The summed E-state index contributed by atoms with van der Waals surface area (Å²) < 4.78 is 0. The van der Waals surface area contributed by atoms with Gasteiger partial charge in [0.1, 0.15) is 0 Å². The Labute approximate surface area is 79.2 Å². The number of hydrogen-bond acceptors (Lipinski definition) is 0. The fourth-order valence-corrected chi connectivity index (χ4v) is 0.650. The molecule has 0 bridgehead atoms. The molecule has 1 rings (SSSR count). The van der Waals surface area contributed by atoms with Gasteiger partial charge in [-0.05, 0) is 0 Å². The third-order valence-electron chi connectivity index (χ3n) is 1.37. The molecule has 1 aliphatic rings. The van der Waals surface area contributed by atoms with Gasteiger partial charge >= 0.3 is 26.2 Å². The third-order valence-corrected chi connectivity index (χ3v) is 1.37. The van der Waals surface area contributed by atoms with Crippen LogP contribution < -0.4 is 9.41 Å². The summed E-state index contributed by atoms with van der Waals surface area (Å²) in [5.74, 6) is 0. The maximum absolute atomic E-state index is 3.19. The molecule has 0 saturated heterocycles. The molecule has 1 radical (unpaired) electrons. The van der Waals surface area contributed by atoms with Crippen LogP contribution in [0.1, 0.15) is 20.3 Å². The van der Waals surface area contributed by atoms with Gasteiger partial charge in [0.15, 0.2) is 0 Å². The second-order valence-electron chi connectivity index (χ2n) is 1.89. The van der Waals surface area contributed by atoms with Gasteiger partial charge in [0.25, 0.3) is 0 Å². The fraction of sp³-hybridized carbons (Fsp3) is 0.429. The van der Waals surface area contributed by atoms with Gasteiger partial charge in [0.2, 0.25) is 0 Å². The van der Waals surface area contributed by atoms with E-state index in [9.17, 15) is 0 Å². The predicted molar refractivity (Wildman–Crippen MR) is 30.8 cm³/mol. The molecule has 0 atom stereocenters. The van der Waals surface area contributed by atoms with Crippen LogP contribution in [0.5, 0.6) is 0 Å². The van der Waals surface area contributed by atoms with Crippen LogP contribution in [-0.4, -0.2) is 0 Å². The smallest absolute Gasteiger partial charge is 1.00 e. The van der Waals surface area contributed by atoms with E-state index < -0.39 is 0 Å². The first-order valence-electron chi connectivity index (χ1n) is 2.55. The van der Waals surface area contributed by atoms with E-state index in [1.54, 1.807) is 0 Å². The first kappa shape index (κ1) is 16.7. The van der Waals surface area contributed by atoms with Gasteiger partial charge in [-0.25, -0.2) is 11.1 Å². The van der Waals surface area contributed by atoms with Crippen LogP contribution in [0.15, 0.2) is 17.2 Å². The minimum absolute atomic E-state index is 0. The molecule has 0 spiro atoms. The van der Waals surface area contributed by atoms with Crippen LogP contribution in [0.3, 0.4) is 0 Å². The van der Waals surface area contributed by atoms with E-state index in [1.165, 1.54) is 11.1 Å². The third kappa shape index (κ3) is 4.11. The van der Waals surface area contributed by atoms with E-state index in [0.717, 1.165) is 6.42 Å². The molecule has 0 N–H and O–H groups in total. The van der Waals surface area contributed by atoms with Gasteiger partial charge in [-0.3, -0.25) is 6.08 Å². The molecule has 0 aromatic rings. The average Bonchev–Trinajstić information content (AvgIpc) is 1.91. The van der Waals surface area contributed by atoms with Crippen LogP contribution in [-0.2, 0) is 26.2 Å². The molecule has 3 heteroatoms. The monoisotopic (exact) mass is 221 g/mol. The van der Waals surface area contributed by atoms with Crippen molar-refractivity contribution in [2.45, 2.75) is 20.3 Å². The van der Waals surface area contributed by atoms with Crippen LogP contribution in [0.25, 0.3) is 0 Å². The van der Waals surface area contributed by atoms with E-state index in [0.29, 0.717) is 0 Å². The molecule has 0 aromatic heterocycles. The van der Waals surface area contributed by atoms with Crippen molar-refractivity contribution in [3.63, 3.8) is 0 Å². The Morgan fingerprint density at radius 1 is 1.30 bits per heavy atom. The predicted octanol–water partition coefficient (Wildman–Crippen LogP) is -3.91. The van der Waals surface area contributed by atoms with Gasteiger partial charge < -0.3 is 9.41 Å². The zero-order valence-corrected chi connectivity index (χ0v) is 8.50. The summed E-state index contributed by atoms with van der Waals surface area (Å²) in [5.41, 5.74) is 2.71. The number of rotatable bonds is 0. The first-order valence-corrected chi connectivity index (χ1v) is 2.55. The van der Waals surface area contributed by atoms with E-state index >= 15 is 0 Å². The summed E-state index contributed by atoms with van der Waals surface area (Å²) in [6.45, 7) is 4.22. The van der Waals surface area contributed by atoms with Crippen molar-refractivity contribution in [1.82, 2.24) is 0 Å². The second-order valence-corrected chi connectivity index (χ2v) is 1.89. The molecule has 0 fully saturated rings. The summed E-state index contributed by atoms with van der Waals surface area (Å²) in [6, 6.07) is 0. The van der Waals surface area contributed by atoms with Crippen molar-refractivity contribution < 1.29 is 35.6 Å². The maximum atomic E-state index is 3.19. The maximum Gasteiger partial charge on any atom is 3.00 e. The minimum atomic E-state index is 0. The molecule has 0 saturated carbocycles. The van der Waals surface area contributed by atoms with Crippen LogP contribution >= 0.6 is 0 Å². The zero-order valence-electron chi connectivity index (χ0n) is 6.04. The average molecular weight is 222 g/mol. The zero-order chi connectivity index (χ0) is 5.28. The Bertz CT molecular complexity index is 123. The van der Waals surface area contributed by atoms with Gasteiger partial charge in [-0.15, -0.1) is 13.3 Å². The summed E-state index contributed by atoms with van der Waals surface area (Å²) >= 11 is 0. The summed E-state index contributed by atoms with van der Waals surface area (Å²) in [6.07, 6.45) is 6.41. The molecular weight excluding hydrogens is 213 g/mol. The fourth-order valence-electron chi connectivity index (χ4n) is 0.650. The van der Waals surface area contributed by atoms with E-state index in [4.69, 9.17) is 0 Å². The largest absolute Gasteiger partial charge is 3.00 e. The van der Waals surface area contributed by atoms with Crippen molar-refractivity contribution in [3.8, 4) is 0 Å². The Morgan fingerprint density at radius 2 is 1.80 bits per heavy atom. The molecule has 0 amide bonds. The minimum Gasteiger partial charge on any atom is -1.00 e. The molecule has 0 nitrogen and oxygen atoms in total. The van der Waals surface area contributed by atoms with Gasteiger partial charge in [0.05, 0.1) is 0 Å². The Balaban J connectivity index is -0.000000163. The number of allylic oxidation sites excluding steroid dienone is 4. The Hall–Kier alpha value is 0.223. The van der Waals surface area contributed by atoms with E-state index in [2.05, 4.69) is 26.0 Å². The molecule has 0 unspecified atom stereocenters. The van der Waals surface area contributed by atoms with Crippen molar-refractivity contribution >= 4 is 0 Å². The Morgan fingerprint density at radius 3 is 1.90 bits per heavy atom. The summed E-state index contributed by atoms with van der Waals surface area (Å²) in [5, 5.41) is 0. The van der Waals surface area contributed by atoms with E-state index in [-0.39, 0.29) is 35.6 Å². The molecule has 0 aromatic carbocycles. The quantitative estimate of drug-likeness (QED) is 0.368. The second kappa shape index (κ2) is 7.33. The topological polar surface area (TPSA) is 0 Å². The van der Waals surface area contributed by atoms with Crippen molar-refractivity contribution in [2.75, 3.05) is 0 Å². The molecule has 55 valence electrons. The van der Waals surface area contributed by atoms with E-state index in [1.807, 2.05) is 0 Å². The Kier molecular flexibility index (Phi) is 12.2. The van der Waals surface area contributed by atoms with Crippen molar-refractivity contribution in [3.05, 3.63) is 23.3 Å². The standard InChI is InChI=1S/C7H9.2FH.Zr/c1-6-4-3-5-7(6)2;;;/h4H,3H2,1-2H3;2*1H;/q-1;;;+3/p-2. The SMILES string of the molecule is CC1=[C-]CC=C1C.[F-].[F-].[Zr+3]. The molecule has 0 heterocycles.